The first-order valence-corrected chi connectivity index (χ1v) is 30.9. The van der Waals surface area contributed by atoms with Crippen LogP contribution in [0.4, 0.5) is 34.1 Å². The number of para-hydroxylation sites is 2. The lowest BCUT2D eigenvalue weighted by Crippen LogP contribution is -2.37. The molecule has 0 bridgehead atoms. The largest absolute Gasteiger partial charge is 0.310 e. The van der Waals surface area contributed by atoms with Crippen molar-refractivity contribution in [3.8, 4) is 22.3 Å². The lowest BCUT2D eigenvalue weighted by Gasteiger charge is -2.31. The Hall–Kier alpha value is -7.51. The smallest absolute Gasteiger partial charge is 0.0468 e. The Bertz CT molecular complexity index is 3380. The molecule has 11 rings (SSSR count). The van der Waals surface area contributed by atoms with E-state index in [1.807, 2.05) is 0 Å². The second-order valence-corrected chi connectivity index (χ2v) is 30.4. The third kappa shape index (κ3) is 8.10. The maximum Gasteiger partial charge on any atom is 0.0468 e. The van der Waals surface area contributed by atoms with Crippen LogP contribution in [-0.4, -0.2) is 16.1 Å². The molecular weight excluding hydrogens is 853 g/mol. The zero-order chi connectivity index (χ0) is 46.6. The zero-order valence-corrected chi connectivity index (χ0v) is 41.8. The number of rotatable bonds is 10. The van der Waals surface area contributed by atoms with Gasteiger partial charge in [0.25, 0.3) is 0 Å². The molecule has 0 unspecified atom stereocenters. The number of anilines is 6. The molecule has 11 aromatic rings. The lowest BCUT2D eigenvalue weighted by atomic mass is 9.84. The molecule has 68 heavy (non-hydrogen) atoms. The molecular formula is C64H56N2Si2-2. The molecule has 0 aliphatic heterocycles. The predicted octanol–water partition coefficient (Wildman–Crippen LogP) is 17.7. The zero-order valence-electron chi connectivity index (χ0n) is 39.8. The van der Waals surface area contributed by atoms with Gasteiger partial charge in [-0.1, -0.05) is 146 Å². The van der Waals surface area contributed by atoms with Crippen LogP contribution in [0, 0.1) is 0 Å². The van der Waals surface area contributed by atoms with Gasteiger partial charge in [0.2, 0.25) is 0 Å². The molecule has 0 N–H and O–H groups in total. The summed E-state index contributed by atoms with van der Waals surface area (Å²) in [6.45, 7) is 14.5. The predicted molar refractivity (Wildman–Crippen MR) is 303 cm³/mol. The van der Waals surface area contributed by atoms with Crippen LogP contribution >= 0.6 is 0 Å². The fraction of sp³-hybridized carbons (Fsp3) is 0.0938. The minimum absolute atomic E-state index is 1.11. The van der Waals surface area contributed by atoms with E-state index in [2.05, 4.69) is 280 Å². The topological polar surface area (TPSA) is 6.48 Å². The van der Waals surface area contributed by atoms with Crippen molar-refractivity contribution in [2.75, 3.05) is 9.80 Å². The van der Waals surface area contributed by atoms with E-state index in [4.69, 9.17) is 0 Å². The first-order chi connectivity index (χ1) is 33.0. The van der Waals surface area contributed by atoms with Gasteiger partial charge in [0.05, 0.1) is 0 Å². The Morgan fingerprint density at radius 1 is 0.250 bits per heavy atom. The maximum absolute atomic E-state index is 2.45. The van der Waals surface area contributed by atoms with Crippen LogP contribution in [-0.2, 0) is 0 Å². The Balaban J connectivity index is 1.23. The number of hydrogen-bond acceptors (Lipinski definition) is 2. The van der Waals surface area contributed by atoms with Gasteiger partial charge in [0.15, 0.2) is 0 Å². The second kappa shape index (κ2) is 17.3. The Morgan fingerprint density at radius 2 is 0.574 bits per heavy atom. The molecule has 4 heteroatoms. The van der Waals surface area contributed by atoms with Gasteiger partial charge in [0.1, 0.15) is 0 Å². The second-order valence-electron chi connectivity index (χ2n) is 20.3. The molecule has 0 heterocycles. The molecule has 0 radical (unpaired) electrons. The lowest BCUT2D eigenvalue weighted by molar-refractivity contribution is 1.29. The van der Waals surface area contributed by atoms with E-state index in [9.17, 15) is 0 Å². The van der Waals surface area contributed by atoms with E-state index in [0.717, 1.165) is 34.1 Å². The van der Waals surface area contributed by atoms with E-state index in [1.54, 1.807) is 0 Å². The molecule has 0 saturated heterocycles. The van der Waals surface area contributed by atoms with Crippen molar-refractivity contribution in [3.63, 3.8) is 0 Å². The molecule has 11 aromatic carbocycles. The van der Waals surface area contributed by atoms with Crippen LogP contribution in [0.1, 0.15) is 0 Å². The SMILES string of the molecule is C[Si-](C)(C)c1ccc(N(c2ccccc2)c2ccc3c(-c4ccc5ccccc5c4)c4cc(N(c5ccccc5)c5ccc([Si-](C)(C)C)cc5)ccc4c(-c4ccc5ccccc5c4)c3c2)cc1. The number of hydrogen-bond donors (Lipinski definition) is 0. The summed E-state index contributed by atoms with van der Waals surface area (Å²) in [5.74, 6) is 0. The molecule has 0 spiro atoms. The van der Waals surface area contributed by atoms with Crippen molar-refractivity contribution in [3.05, 3.63) is 231 Å². The highest BCUT2D eigenvalue weighted by molar-refractivity contribution is 6.89. The van der Waals surface area contributed by atoms with E-state index >= 15 is 0 Å². The average molecular weight is 909 g/mol. The fourth-order valence-corrected chi connectivity index (χ4v) is 12.4. The number of nitrogens with zero attached hydrogens (tertiary/aromatic N) is 2. The van der Waals surface area contributed by atoms with Crippen molar-refractivity contribution in [1.29, 1.82) is 0 Å². The van der Waals surface area contributed by atoms with Gasteiger partial charge < -0.3 is 9.80 Å². The van der Waals surface area contributed by atoms with Gasteiger partial charge in [0, 0.05) is 34.1 Å². The summed E-state index contributed by atoms with van der Waals surface area (Å²) in [6, 6.07) is 86.1. The molecule has 0 aliphatic carbocycles. The molecule has 0 amide bonds. The first kappa shape index (κ1) is 43.1. The molecule has 0 saturated carbocycles. The summed E-state index contributed by atoms with van der Waals surface area (Å²) < 4.78 is 0. The summed E-state index contributed by atoms with van der Waals surface area (Å²) in [4.78, 5) is 4.84. The van der Waals surface area contributed by atoms with Crippen LogP contribution < -0.4 is 20.2 Å². The highest BCUT2D eigenvalue weighted by atomic mass is 28.3. The summed E-state index contributed by atoms with van der Waals surface area (Å²) in [6.07, 6.45) is 0. The van der Waals surface area contributed by atoms with Crippen molar-refractivity contribution in [1.82, 2.24) is 0 Å². The molecule has 332 valence electrons. The third-order valence-corrected chi connectivity index (χ3v) is 17.8. The standard InChI is InChI=1S/C64H56N2Si2/c1-67(2,3)57-35-29-53(30-36-57)65(51-21-9-7-10-22-51)55-33-39-59-61(43-55)63(49-27-25-45-17-13-15-19-47(45)41-49)60-40-34-56(44-62(60)64(59)50-28-26-46-18-14-16-20-48(46)42-50)66(52-23-11-8-12-24-52)54-31-37-58(38-32-54)68(4,5)6/h7-44H,1-6H3/q-2. The van der Waals surface area contributed by atoms with Crippen LogP contribution in [0.5, 0.6) is 0 Å². The van der Waals surface area contributed by atoms with Gasteiger partial charge in [-0.2, -0.15) is 49.7 Å². The van der Waals surface area contributed by atoms with Crippen molar-refractivity contribution in [2.24, 2.45) is 0 Å². The van der Waals surface area contributed by atoms with Gasteiger partial charge >= 0.3 is 0 Å². The van der Waals surface area contributed by atoms with Gasteiger partial charge in [-0.3, -0.25) is 0 Å². The molecule has 2 nitrogen and oxygen atoms in total. The number of fused-ring (bicyclic) bond motifs is 4. The average Bonchev–Trinajstić information content (AvgIpc) is 3.36. The summed E-state index contributed by atoms with van der Waals surface area (Å²) in [7, 11) is -3.02. The van der Waals surface area contributed by atoms with E-state index in [1.165, 1.54) is 75.7 Å². The van der Waals surface area contributed by atoms with Gasteiger partial charge in [-0.25, -0.2) is 0 Å². The molecule has 0 fully saturated rings. The van der Waals surface area contributed by atoms with Crippen molar-refractivity contribution < 1.29 is 0 Å². The van der Waals surface area contributed by atoms with E-state index in [0.29, 0.717) is 0 Å². The third-order valence-electron chi connectivity index (χ3n) is 13.7. The van der Waals surface area contributed by atoms with Crippen LogP contribution in [0.25, 0.3) is 65.3 Å². The molecule has 0 aromatic heterocycles. The number of benzene rings is 11. The minimum Gasteiger partial charge on any atom is -0.310 e. The quantitative estimate of drug-likeness (QED) is 0.0996. The van der Waals surface area contributed by atoms with Gasteiger partial charge in [-0.05, 0) is 150 Å². The molecule has 0 aliphatic rings. The maximum atomic E-state index is 2.45. The first-order valence-electron chi connectivity index (χ1n) is 23.9. The summed E-state index contributed by atoms with van der Waals surface area (Å²) in [5.41, 5.74) is 11.6. The van der Waals surface area contributed by atoms with Crippen molar-refractivity contribution in [2.45, 2.75) is 39.3 Å². The Labute approximate surface area is 403 Å². The molecule has 0 atom stereocenters. The Kier molecular flexibility index (Phi) is 11.0. The van der Waals surface area contributed by atoms with Gasteiger partial charge in [-0.15, -0.1) is 16.1 Å². The Morgan fingerprint density at radius 3 is 0.941 bits per heavy atom. The summed E-state index contributed by atoms with van der Waals surface area (Å²) in [5, 5.41) is 12.7. The monoisotopic (exact) mass is 908 g/mol. The van der Waals surface area contributed by atoms with E-state index < -0.39 is 16.1 Å². The van der Waals surface area contributed by atoms with Crippen LogP contribution in [0.3, 0.4) is 0 Å². The van der Waals surface area contributed by atoms with Crippen LogP contribution in [0.15, 0.2) is 231 Å². The minimum atomic E-state index is -1.51. The van der Waals surface area contributed by atoms with Crippen LogP contribution in [0.2, 0.25) is 39.3 Å². The fourth-order valence-electron chi connectivity index (χ4n) is 10.1. The normalized spacial score (nSPS) is 12.0. The summed E-state index contributed by atoms with van der Waals surface area (Å²) >= 11 is 0. The van der Waals surface area contributed by atoms with E-state index in [-0.39, 0.29) is 0 Å². The van der Waals surface area contributed by atoms with Crippen molar-refractivity contribution >= 4 is 104 Å². The highest BCUT2D eigenvalue weighted by Gasteiger charge is 2.23. The highest BCUT2D eigenvalue weighted by Crippen LogP contribution is 2.49.